The van der Waals surface area contributed by atoms with Crippen molar-refractivity contribution in [1.82, 2.24) is 4.98 Å². The number of pyridine rings is 1. The van der Waals surface area contributed by atoms with Crippen LogP contribution in [0.2, 0.25) is 0 Å². The minimum atomic E-state index is 0.727. The van der Waals surface area contributed by atoms with Crippen LogP contribution in [0.5, 0.6) is 0 Å². The first-order chi connectivity index (χ1) is 4.74. The van der Waals surface area contributed by atoms with Crippen LogP contribution in [0.4, 0.5) is 5.82 Å². The second-order valence-corrected chi connectivity index (χ2v) is 2.31. The molecule has 0 bridgehead atoms. The molecule has 0 aliphatic rings. The highest BCUT2D eigenvalue weighted by atomic mass is 14.9. The van der Waals surface area contributed by atoms with Gasteiger partial charge < -0.3 is 0 Å². The number of aliphatic imine (C=N–C) groups is 1. The molecule has 52 valence electrons. The third kappa shape index (κ3) is 1.21. The molecule has 0 saturated heterocycles. The molecule has 0 spiro atoms. The summed E-state index contributed by atoms with van der Waals surface area (Å²) in [6.45, 7) is 7.39. The van der Waals surface area contributed by atoms with E-state index in [1.165, 1.54) is 0 Å². The van der Waals surface area contributed by atoms with E-state index >= 15 is 0 Å². The van der Waals surface area contributed by atoms with Crippen LogP contribution in [0.3, 0.4) is 0 Å². The Labute approximate surface area is 60.6 Å². The van der Waals surface area contributed by atoms with Crippen LogP contribution in [-0.4, -0.2) is 11.7 Å². The van der Waals surface area contributed by atoms with E-state index in [-0.39, 0.29) is 0 Å². The van der Waals surface area contributed by atoms with Gasteiger partial charge >= 0.3 is 0 Å². The van der Waals surface area contributed by atoms with Gasteiger partial charge in [-0.1, -0.05) is 6.07 Å². The maximum atomic E-state index is 4.07. The lowest BCUT2D eigenvalue weighted by molar-refractivity contribution is 1.19. The number of hydrogen-bond acceptors (Lipinski definition) is 2. The normalized spacial score (nSPS) is 9.40. The van der Waals surface area contributed by atoms with Crippen LogP contribution in [0, 0.1) is 13.8 Å². The standard InChI is InChI=1S/C8H10N2/c1-6-4-7(2)8(9-3)10-5-6/h4-5H,3H2,1-2H3. The molecular weight excluding hydrogens is 124 g/mol. The van der Waals surface area contributed by atoms with Gasteiger partial charge in [-0.3, -0.25) is 0 Å². The summed E-state index contributed by atoms with van der Waals surface area (Å²) in [7, 11) is 0. The number of rotatable bonds is 1. The number of nitrogens with zero attached hydrogens (tertiary/aromatic N) is 2. The first-order valence-corrected chi connectivity index (χ1v) is 3.14. The fourth-order valence-electron chi connectivity index (χ4n) is 0.874. The van der Waals surface area contributed by atoms with E-state index in [1.54, 1.807) is 6.20 Å². The Morgan fingerprint density at radius 1 is 1.50 bits per heavy atom. The SMILES string of the molecule is C=Nc1ncc(C)cc1C. The highest BCUT2D eigenvalue weighted by Crippen LogP contribution is 2.13. The lowest BCUT2D eigenvalue weighted by Crippen LogP contribution is -1.81. The van der Waals surface area contributed by atoms with Gasteiger partial charge in [0.1, 0.15) is 0 Å². The number of aromatic nitrogens is 1. The average molecular weight is 134 g/mol. The number of aryl methyl sites for hydroxylation is 2. The van der Waals surface area contributed by atoms with Crippen molar-refractivity contribution >= 4 is 12.5 Å². The van der Waals surface area contributed by atoms with E-state index in [9.17, 15) is 0 Å². The molecule has 1 aromatic heterocycles. The smallest absolute Gasteiger partial charge is 0.154 e. The van der Waals surface area contributed by atoms with Crippen molar-refractivity contribution in [2.24, 2.45) is 4.99 Å². The second kappa shape index (κ2) is 2.60. The molecule has 0 N–H and O–H groups in total. The highest BCUT2D eigenvalue weighted by Gasteiger charge is 1.94. The van der Waals surface area contributed by atoms with Crippen molar-refractivity contribution < 1.29 is 0 Å². The molecule has 0 radical (unpaired) electrons. The Morgan fingerprint density at radius 3 is 2.70 bits per heavy atom. The molecular formula is C8H10N2. The fourth-order valence-corrected chi connectivity index (χ4v) is 0.874. The van der Waals surface area contributed by atoms with Gasteiger partial charge in [0.15, 0.2) is 5.82 Å². The van der Waals surface area contributed by atoms with Gasteiger partial charge in [0.2, 0.25) is 0 Å². The molecule has 0 aliphatic carbocycles. The van der Waals surface area contributed by atoms with Gasteiger partial charge in [-0.25, -0.2) is 9.98 Å². The zero-order valence-electron chi connectivity index (χ0n) is 6.26. The maximum absolute atomic E-state index is 4.07. The molecule has 1 aromatic rings. The molecule has 0 saturated carbocycles. The van der Waals surface area contributed by atoms with E-state index in [0.29, 0.717) is 0 Å². The summed E-state index contributed by atoms with van der Waals surface area (Å²) >= 11 is 0. The predicted molar refractivity (Wildman–Crippen MR) is 42.9 cm³/mol. The topological polar surface area (TPSA) is 25.2 Å². The molecule has 1 rings (SSSR count). The van der Waals surface area contributed by atoms with E-state index in [0.717, 1.165) is 16.9 Å². The van der Waals surface area contributed by atoms with Crippen LogP contribution in [0.1, 0.15) is 11.1 Å². The van der Waals surface area contributed by atoms with Crippen molar-refractivity contribution in [2.45, 2.75) is 13.8 Å². The summed E-state index contributed by atoms with van der Waals surface area (Å²) in [5, 5.41) is 0. The van der Waals surface area contributed by atoms with Crippen LogP contribution in [0.15, 0.2) is 17.3 Å². The predicted octanol–water partition coefficient (Wildman–Crippen LogP) is 2.03. The van der Waals surface area contributed by atoms with Gasteiger partial charge in [0.25, 0.3) is 0 Å². The van der Waals surface area contributed by atoms with Gasteiger partial charge in [-0.2, -0.15) is 0 Å². The summed E-state index contributed by atoms with van der Waals surface area (Å²) in [6.07, 6.45) is 1.79. The van der Waals surface area contributed by atoms with E-state index < -0.39 is 0 Å². The maximum Gasteiger partial charge on any atom is 0.154 e. The summed E-state index contributed by atoms with van der Waals surface area (Å²) in [5.74, 6) is 0.727. The van der Waals surface area contributed by atoms with Crippen LogP contribution in [0.25, 0.3) is 0 Å². The highest BCUT2D eigenvalue weighted by molar-refractivity contribution is 5.45. The first-order valence-electron chi connectivity index (χ1n) is 3.14. The number of hydrogen-bond donors (Lipinski definition) is 0. The molecule has 2 nitrogen and oxygen atoms in total. The summed E-state index contributed by atoms with van der Waals surface area (Å²) < 4.78 is 0. The van der Waals surface area contributed by atoms with Gasteiger partial charge in [-0.15, -0.1) is 0 Å². The van der Waals surface area contributed by atoms with Crippen molar-refractivity contribution in [2.75, 3.05) is 0 Å². The Kier molecular flexibility index (Phi) is 1.81. The quantitative estimate of drug-likeness (QED) is 0.539. The van der Waals surface area contributed by atoms with Crippen LogP contribution >= 0.6 is 0 Å². The molecule has 2 heteroatoms. The van der Waals surface area contributed by atoms with E-state index in [4.69, 9.17) is 0 Å². The molecule has 0 unspecified atom stereocenters. The summed E-state index contributed by atoms with van der Waals surface area (Å²) in [6, 6.07) is 2.04. The Morgan fingerprint density at radius 2 is 2.20 bits per heavy atom. The zero-order valence-corrected chi connectivity index (χ0v) is 6.26. The van der Waals surface area contributed by atoms with Crippen LogP contribution in [-0.2, 0) is 0 Å². The van der Waals surface area contributed by atoms with Crippen LogP contribution < -0.4 is 0 Å². The minimum absolute atomic E-state index is 0.727. The molecule has 10 heavy (non-hydrogen) atoms. The third-order valence-corrected chi connectivity index (χ3v) is 1.34. The Balaban J connectivity index is 3.19. The fraction of sp³-hybridized carbons (Fsp3) is 0.250. The van der Waals surface area contributed by atoms with Gasteiger partial charge in [0.05, 0.1) is 0 Å². The van der Waals surface area contributed by atoms with Crippen molar-refractivity contribution in [3.63, 3.8) is 0 Å². The van der Waals surface area contributed by atoms with Crippen molar-refractivity contribution in [3.05, 3.63) is 23.4 Å². The molecule has 1 heterocycles. The third-order valence-electron chi connectivity index (χ3n) is 1.34. The lowest BCUT2D eigenvalue weighted by Gasteiger charge is -1.97. The zero-order chi connectivity index (χ0) is 7.56. The molecule has 0 aliphatic heterocycles. The summed E-state index contributed by atoms with van der Waals surface area (Å²) in [5.41, 5.74) is 2.24. The lowest BCUT2D eigenvalue weighted by atomic mass is 10.2. The largest absolute Gasteiger partial charge is 0.245 e. The minimum Gasteiger partial charge on any atom is -0.245 e. The van der Waals surface area contributed by atoms with Crippen molar-refractivity contribution in [3.8, 4) is 0 Å². The van der Waals surface area contributed by atoms with E-state index in [1.807, 2.05) is 19.9 Å². The average Bonchev–Trinajstić information content (AvgIpc) is 1.88. The second-order valence-electron chi connectivity index (χ2n) is 2.31. The molecule has 0 atom stereocenters. The molecule has 0 aromatic carbocycles. The molecule has 0 amide bonds. The monoisotopic (exact) mass is 134 g/mol. The first kappa shape index (κ1) is 6.93. The Bertz CT molecular complexity index is 253. The molecule has 0 fully saturated rings. The summed E-state index contributed by atoms with van der Waals surface area (Å²) in [4.78, 5) is 7.82. The van der Waals surface area contributed by atoms with Crippen molar-refractivity contribution in [1.29, 1.82) is 0 Å². The Hall–Kier alpha value is -1.18. The van der Waals surface area contributed by atoms with E-state index in [2.05, 4.69) is 16.7 Å². The van der Waals surface area contributed by atoms with Gasteiger partial charge in [-0.05, 0) is 31.7 Å². The van der Waals surface area contributed by atoms with Gasteiger partial charge in [0, 0.05) is 6.20 Å².